The minimum atomic E-state index is -5.86. The van der Waals surface area contributed by atoms with Crippen LogP contribution >= 0.6 is 0 Å². The summed E-state index contributed by atoms with van der Waals surface area (Å²) in [6.45, 7) is 7.20. The van der Waals surface area contributed by atoms with Crippen LogP contribution in [-0.4, -0.2) is 48.7 Å². The largest absolute Gasteiger partial charge is 0.534 e. The third-order valence-electron chi connectivity index (χ3n) is 4.92. The Bertz CT molecular complexity index is 999. The number of para-hydroxylation sites is 1. The van der Waals surface area contributed by atoms with Crippen molar-refractivity contribution in [2.75, 3.05) is 6.54 Å². The minimum absolute atomic E-state index is 0.100. The first-order chi connectivity index (χ1) is 14.1. The van der Waals surface area contributed by atoms with Crippen LogP contribution in [0.1, 0.15) is 46.1 Å². The van der Waals surface area contributed by atoms with Crippen LogP contribution in [0.4, 0.5) is 18.0 Å². The molecule has 0 bridgehead atoms. The van der Waals surface area contributed by atoms with Gasteiger partial charge < -0.3 is 18.6 Å². The van der Waals surface area contributed by atoms with Crippen LogP contribution in [0, 0.1) is 0 Å². The first-order valence-electron chi connectivity index (χ1n) is 9.64. The van der Waals surface area contributed by atoms with Crippen LogP contribution in [0.3, 0.4) is 0 Å². The molecule has 0 saturated carbocycles. The first kappa shape index (κ1) is 23.2. The highest BCUT2D eigenvalue weighted by Gasteiger charge is 2.51. The van der Waals surface area contributed by atoms with E-state index in [2.05, 4.69) is 4.18 Å². The Morgan fingerprint density at radius 1 is 1.23 bits per heavy atom. The third kappa shape index (κ3) is 4.91. The molecule has 1 spiro atoms. The minimum Gasteiger partial charge on any atom is -0.482 e. The predicted octanol–water partition coefficient (Wildman–Crippen LogP) is 4.44. The highest BCUT2D eigenvalue weighted by atomic mass is 32.2. The van der Waals surface area contributed by atoms with Gasteiger partial charge in [-0.25, -0.2) is 4.79 Å². The number of fused-ring (bicyclic) bond motifs is 1. The normalized spacial score (nSPS) is 24.2. The number of rotatable bonds is 2. The Balaban J connectivity index is 1.91. The Morgan fingerprint density at radius 3 is 2.45 bits per heavy atom. The molecule has 1 aromatic rings. The van der Waals surface area contributed by atoms with Gasteiger partial charge in [0, 0.05) is 31.5 Å². The molecule has 7 nitrogen and oxygen atoms in total. The lowest BCUT2D eigenvalue weighted by Gasteiger charge is -2.45. The summed E-state index contributed by atoms with van der Waals surface area (Å²) in [4.78, 5) is 14.0. The first-order valence-corrected chi connectivity index (χ1v) is 11.0. The van der Waals surface area contributed by atoms with Crippen LogP contribution in [0.25, 0.3) is 5.76 Å². The predicted molar refractivity (Wildman–Crippen MR) is 105 cm³/mol. The molecule has 11 heteroatoms. The number of alkyl halides is 3. The number of nitrogens with zero attached hydrogens (tertiary/aromatic N) is 1. The van der Waals surface area contributed by atoms with Gasteiger partial charge in [-0.3, -0.25) is 0 Å². The molecule has 0 N–H and O–H groups in total. The molecule has 0 aliphatic carbocycles. The van der Waals surface area contributed by atoms with Crippen LogP contribution in [0.5, 0.6) is 5.75 Å². The molecule has 1 fully saturated rings. The molecule has 1 saturated heterocycles. The van der Waals surface area contributed by atoms with Crippen molar-refractivity contribution in [3.05, 3.63) is 35.9 Å². The molecule has 2 aliphatic heterocycles. The number of carbonyl (C=O) groups is 1. The molecule has 2 heterocycles. The number of halogens is 3. The van der Waals surface area contributed by atoms with Crippen LogP contribution < -0.4 is 4.74 Å². The van der Waals surface area contributed by atoms with Crippen molar-refractivity contribution in [2.24, 2.45) is 0 Å². The van der Waals surface area contributed by atoms with E-state index in [0.717, 1.165) is 0 Å². The van der Waals surface area contributed by atoms with E-state index in [1.165, 1.54) is 29.2 Å². The summed E-state index contributed by atoms with van der Waals surface area (Å²) in [6, 6.07) is 5.71. The van der Waals surface area contributed by atoms with Crippen molar-refractivity contribution in [3.63, 3.8) is 0 Å². The molecule has 31 heavy (non-hydrogen) atoms. The van der Waals surface area contributed by atoms with Gasteiger partial charge in [-0.05, 0) is 39.8 Å². The molecule has 2 atom stereocenters. The highest BCUT2D eigenvalue weighted by Crippen LogP contribution is 2.44. The van der Waals surface area contributed by atoms with Gasteiger partial charge in [-0.1, -0.05) is 12.1 Å². The number of likely N-dealkylation sites (tertiary alicyclic amines) is 1. The quantitative estimate of drug-likeness (QED) is 0.476. The Labute approximate surface area is 178 Å². The van der Waals surface area contributed by atoms with Gasteiger partial charge in [0.25, 0.3) is 0 Å². The number of benzene rings is 1. The third-order valence-corrected chi connectivity index (χ3v) is 5.89. The number of amides is 1. The van der Waals surface area contributed by atoms with Crippen LogP contribution in [0.2, 0.25) is 0 Å². The van der Waals surface area contributed by atoms with Crippen LogP contribution in [0.15, 0.2) is 30.3 Å². The van der Waals surface area contributed by atoms with Gasteiger partial charge in [0.05, 0.1) is 5.56 Å². The summed E-state index contributed by atoms with van der Waals surface area (Å²) in [6.07, 6.45) is 1.18. The molecule has 3 rings (SSSR count). The van der Waals surface area contributed by atoms with E-state index in [9.17, 15) is 26.4 Å². The van der Waals surface area contributed by atoms with Crippen molar-refractivity contribution in [2.45, 2.75) is 63.3 Å². The number of piperidine rings is 1. The fourth-order valence-electron chi connectivity index (χ4n) is 3.62. The van der Waals surface area contributed by atoms with Gasteiger partial charge in [0.15, 0.2) is 5.76 Å². The lowest BCUT2D eigenvalue weighted by atomic mass is 9.84. The lowest BCUT2D eigenvalue weighted by molar-refractivity contribution is -0.0513. The highest BCUT2D eigenvalue weighted by molar-refractivity contribution is 7.87. The summed E-state index contributed by atoms with van der Waals surface area (Å²) in [5.41, 5.74) is -7.29. The fraction of sp³-hybridized carbons (Fsp3) is 0.550. The van der Waals surface area contributed by atoms with Crippen molar-refractivity contribution >= 4 is 22.0 Å². The summed E-state index contributed by atoms with van der Waals surface area (Å²) in [7, 11) is -5.86. The van der Waals surface area contributed by atoms with Gasteiger partial charge in [-0.15, -0.1) is 0 Å². The van der Waals surface area contributed by atoms with E-state index in [1.54, 1.807) is 33.8 Å². The van der Waals surface area contributed by atoms with E-state index in [-0.39, 0.29) is 36.7 Å². The molecule has 0 radical (unpaired) electrons. The van der Waals surface area contributed by atoms with E-state index in [1.807, 2.05) is 0 Å². The molecule has 1 aromatic carbocycles. The molecule has 0 aromatic heterocycles. The van der Waals surface area contributed by atoms with Gasteiger partial charge in [-0.2, -0.15) is 21.6 Å². The Morgan fingerprint density at radius 2 is 1.87 bits per heavy atom. The zero-order valence-electron chi connectivity index (χ0n) is 17.5. The standard InChI is InChI=1S/C20H24F3NO6S/c1-13-11-19(9-10-24(13)17(25)29-18(2,3)4)12-16(30-31(26,27)20(21,22)23)14-7-5-6-8-15(14)28-19/h5-8,12-13H,9-11H2,1-4H3. The molecule has 2 aliphatic rings. The number of hydrogen-bond donors (Lipinski definition) is 0. The lowest BCUT2D eigenvalue weighted by Crippen LogP contribution is -2.54. The van der Waals surface area contributed by atoms with Gasteiger partial charge in [0.2, 0.25) is 0 Å². The molecular weight excluding hydrogens is 439 g/mol. The molecule has 172 valence electrons. The smallest absolute Gasteiger partial charge is 0.482 e. The SMILES string of the molecule is CC1CC2(C=C(OS(=O)(=O)C(F)(F)F)c3ccccc3O2)CCN1C(=O)OC(C)(C)C. The van der Waals surface area contributed by atoms with Crippen molar-refractivity contribution in [1.82, 2.24) is 4.90 Å². The average molecular weight is 463 g/mol. The maximum absolute atomic E-state index is 12.9. The van der Waals surface area contributed by atoms with Gasteiger partial charge in [0.1, 0.15) is 17.0 Å². The average Bonchev–Trinajstić information content (AvgIpc) is 2.58. The summed E-state index contributed by atoms with van der Waals surface area (Å²) in [5, 5.41) is 0. The Kier molecular flexibility index (Phi) is 5.71. The maximum Gasteiger partial charge on any atom is 0.534 e. The zero-order valence-corrected chi connectivity index (χ0v) is 18.3. The van der Waals surface area contributed by atoms with Crippen molar-refractivity contribution in [1.29, 1.82) is 0 Å². The van der Waals surface area contributed by atoms with Gasteiger partial charge >= 0.3 is 21.7 Å². The van der Waals surface area contributed by atoms with E-state index >= 15 is 0 Å². The van der Waals surface area contributed by atoms with Crippen LogP contribution in [-0.2, 0) is 19.0 Å². The number of ether oxygens (including phenoxy) is 2. The molecule has 1 amide bonds. The second-order valence-corrected chi connectivity index (χ2v) is 10.2. The topological polar surface area (TPSA) is 82.1 Å². The monoisotopic (exact) mass is 463 g/mol. The summed E-state index contributed by atoms with van der Waals surface area (Å²) >= 11 is 0. The van der Waals surface area contributed by atoms with E-state index in [0.29, 0.717) is 0 Å². The number of hydrogen-bond acceptors (Lipinski definition) is 6. The van der Waals surface area contributed by atoms with Crippen molar-refractivity contribution in [3.8, 4) is 5.75 Å². The summed E-state index contributed by atoms with van der Waals surface area (Å²) in [5.74, 6) is -0.243. The molecule has 2 unspecified atom stereocenters. The zero-order chi connectivity index (χ0) is 23.2. The fourth-order valence-corrected chi connectivity index (χ4v) is 4.09. The second kappa shape index (κ2) is 7.61. The van der Waals surface area contributed by atoms with Crippen molar-refractivity contribution < 1.29 is 40.0 Å². The summed E-state index contributed by atoms with van der Waals surface area (Å²) < 4.78 is 78.0. The Hall–Kier alpha value is -2.43. The second-order valence-electron chi connectivity index (χ2n) is 8.63. The molecular formula is C20H24F3NO6S. The maximum atomic E-state index is 12.9. The van der Waals surface area contributed by atoms with E-state index in [4.69, 9.17) is 9.47 Å². The number of carbonyl (C=O) groups excluding carboxylic acids is 1. The van der Waals surface area contributed by atoms with E-state index < -0.39 is 38.7 Å².